The summed E-state index contributed by atoms with van der Waals surface area (Å²) in [6.45, 7) is 5.65. The molecule has 118 valence electrons. The second kappa shape index (κ2) is 6.82. The fourth-order valence-electron chi connectivity index (χ4n) is 2.35. The van der Waals surface area contributed by atoms with Crippen LogP contribution in [0.5, 0.6) is 11.5 Å². The van der Waals surface area contributed by atoms with Gasteiger partial charge < -0.3 is 14.9 Å². The summed E-state index contributed by atoms with van der Waals surface area (Å²) in [4.78, 5) is 0. The van der Waals surface area contributed by atoms with E-state index in [4.69, 9.17) is 9.84 Å². The highest BCUT2D eigenvalue weighted by atomic mass is 79.9. The first-order chi connectivity index (χ1) is 10.3. The Morgan fingerprint density at radius 1 is 1.14 bits per heavy atom. The lowest BCUT2D eigenvalue weighted by Gasteiger charge is -2.23. The maximum absolute atomic E-state index is 10.4. The third kappa shape index (κ3) is 3.69. The Morgan fingerprint density at radius 2 is 1.77 bits per heavy atom. The number of hydrogen-bond acceptors (Lipinski definition) is 3. The molecule has 0 spiro atoms. The molecule has 2 aromatic carbocycles. The summed E-state index contributed by atoms with van der Waals surface area (Å²) in [7, 11) is 0. The molecule has 22 heavy (non-hydrogen) atoms. The average Bonchev–Trinajstić information content (AvgIpc) is 2.44. The normalized spacial score (nSPS) is 13.7. The number of halogens is 1. The number of hydrogen-bond donors (Lipinski definition) is 2. The van der Waals surface area contributed by atoms with E-state index in [9.17, 15) is 5.11 Å². The van der Waals surface area contributed by atoms with Gasteiger partial charge in [0.2, 0.25) is 0 Å². The maximum Gasteiger partial charge on any atom is 0.141 e. The molecule has 2 rings (SSSR count). The molecule has 2 N–H and O–H groups in total. The van der Waals surface area contributed by atoms with Crippen molar-refractivity contribution < 1.29 is 14.9 Å². The largest absolute Gasteiger partial charge is 0.456 e. The zero-order valence-electron chi connectivity index (χ0n) is 13.1. The number of rotatable bonds is 5. The minimum absolute atomic E-state index is 0.0642. The van der Waals surface area contributed by atoms with Crippen molar-refractivity contribution in [2.45, 2.75) is 32.8 Å². The van der Waals surface area contributed by atoms with Gasteiger partial charge in [0.1, 0.15) is 11.5 Å². The lowest BCUT2D eigenvalue weighted by Crippen LogP contribution is -2.22. The van der Waals surface area contributed by atoms with Crippen LogP contribution in [0.1, 0.15) is 30.0 Å². The summed E-state index contributed by atoms with van der Waals surface area (Å²) in [5.74, 6) is 1.54. The number of ether oxygens (including phenoxy) is 1. The molecule has 1 atom stereocenters. The van der Waals surface area contributed by atoms with Crippen LogP contribution in [0, 0.1) is 13.8 Å². The Labute approximate surface area is 139 Å². The molecule has 0 aromatic heterocycles. The van der Waals surface area contributed by atoms with Crippen molar-refractivity contribution in [2.24, 2.45) is 0 Å². The van der Waals surface area contributed by atoms with Gasteiger partial charge in [-0.1, -0.05) is 24.3 Å². The van der Waals surface area contributed by atoms with Crippen LogP contribution in [0.2, 0.25) is 0 Å². The quantitative estimate of drug-likeness (QED) is 0.823. The molecule has 2 aromatic rings. The van der Waals surface area contributed by atoms with Gasteiger partial charge in [-0.15, -0.1) is 0 Å². The highest BCUT2D eigenvalue weighted by molar-refractivity contribution is 9.10. The molecule has 0 fully saturated rings. The Kier molecular flexibility index (Phi) is 5.27. The van der Waals surface area contributed by atoms with Gasteiger partial charge in [0.05, 0.1) is 10.1 Å². The predicted octanol–water partition coefficient (Wildman–Crippen LogP) is 4.45. The molecule has 4 heteroatoms. The first-order valence-electron chi connectivity index (χ1n) is 7.22. The molecular weight excluding hydrogens is 344 g/mol. The standard InChI is InChI=1S/C18H21BrO3/c1-12-5-4-6-13(2)17(12)22-16-8-7-14(11-15(16)19)18(3,21)9-10-20/h4-8,11,20-21H,9-10H2,1-3H3. The van der Waals surface area contributed by atoms with Crippen molar-refractivity contribution in [3.63, 3.8) is 0 Å². The molecule has 0 aliphatic heterocycles. The summed E-state index contributed by atoms with van der Waals surface area (Å²) >= 11 is 3.50. The zero-order chi connectivity index (χ0) is 16.3. The van der Waals surface area contributed by atoms with Crippen LogP contribution in [-0.2, 0) is 5.60 Å². The van der Waals surface area contributed by atoms with Gasteiger partial charge in [-0.25, -0.2) is 0 Å². The van der Waals surface area contributed by atoms with Crippen molar-refractivity contribution in [2.75, 3.05) is 6.61 Å². The Morgan fingerprint density at radius 3 is 2.32 bits per heavy atom. The van der Waals surface area contributed by atoms with Gasteiger partial charge in [0.25, 0.3) is 0 Å². The molecular formula is C18H21BrO3. The van der Waals surface area contributed by atoms with Gasteiger partial charge in [-0.05, 0) is 65.5 Å². The molecule has 1 unspecified atom stereocenters. The molecule has 0 radical (unpaired) electrons. The fourth-order valence-corrected chi connectivity index (χ4v) is 2.81. The van der Waals surface area contributed by atoms with Gasteiger partial charge in [0, 0.05) is 13.0 Å². The van der Waals surface area contributed by atoms with Crippen molar-refractivity contribution >= 4 is 15.9 Å². The van der Waals surface area contributed by atoms with Gasteiger partial charge >= 0.3 is 0 Å². The van der Waals surface area contributed by atoms with Crippen molar-refractivity contribution in [3.05, 3.63) is 57.6 Å². The first kappa shape index (κ1) is 17.0. The minimum Gasteiger partial charge on any atom is -0.456 e. The summed E-state index contributed by atoms with van der Waals surface area (Å²) in [5, 5.41) is 19.4. The van der Waals surface area contributed by atoms with Crippen LogP contribution in [-0.4, -0.2) is 16.8 Å². The van der Waals surface area contributed by atoms with E-state index >= 15 is 0 Å². The Bertz CT molecular complexity index is 645. The fraction of sp³-hybridized carbons (Fsp3) is 0.333. The van der Waals surface area contributed by atoms with Crippen molar-refractivity contribution in [3.8, 4) is 11.5 Å². The first-order valence-corrected chi connectivity index (χ1v) is 8.02. The molecule has 3 nitrogen and oxygen atoms in total. The van der Waals surface area contributed by atoms with E-state index in [1.165, 1.54) is 0 Å². The van der Waals surface area contributed by atoms with Gasteiger partial charge in [0.15, 0.2) is 0 Å². The zero-order valence-corrected chi connectivity index (χ0v) is 14.6. The van der Waals surface area contributed by atoms with Crippen LogP contribution in [0.25, 0.3) is 0 Å². The summed E-state index contributed by atoms with van der Waals surface area (Å²) in [6.07, 6.45) is 0.288. The van der Waals surface area contributed by atoms with E-state index in [1.54, 1.807) is 6.92 Å². The van der Waals surface area contributed by atoms with Crippen LogP contribution in [0.3, 0.4) is 0 Å². The molecule has 0 saturated heterocycles. The number of para-hydroxylation sites is 1. The summed E-state index contributed by atoms with van der Waals surface area (Å²) in [5.41, 5.74) is 1.82. The molecule has 0 saturated carbocycles. The second-order valence-electron chi connectivity index (χ2n) is 5.72. The van der Waals surface area contributed by atoms with Crippen molar-refractivity contribution in [1.82, 2.24) is 0 Å². The van der Waals surface area contributed by atoms with E-state index in [0.29, 0.717) is 5.75 Å². The third-order valence-electron chi connectivity index (χ3n) is 3.77. The third-order valence-corrected chi connectivity index (χ3v) is 4.39. The Balaban J connectivity index is 2.31. The van der Waals surface area contributed by atoms with Gasteiger partial charge in [-0.2, -0.15) is 0 Å². The number of aryl methyl sites for hydroxylation is 2. The second-order valence-corrected chi connectivity index (χ2v) is 6.57. The molecule has 0 aliphatic carbocycles. The van der Waals surface area contributed by atoms with Crippen LogP contribution < -0.4 is 4.74 Å². The molecule has 0 heterocycles. The maximum atomic E-state index is 10.4. The highest BCUT2D eigenvalue weighted by Crippen LogP contribution is 2.36. The predicted molar refractivity (Wildman–Crippen MR) is 91.4 cm³/mol. The van der Waals surface area contributed by atoms with E-state index in [1.807, 2.05) is 50.2 Å². The minimum atomic E-state index is -1.06. The van der Waals surface area contributed by atoms with E-state index in [-0.39, 0.29) is 13.0 Å². The topological polar surface area (TPSA) is 49.7 Å². The average molecular weight is 365 g/mol. The summed E-state index contributed by atoms with van der Waals surface area (Å²) < 4.78 is 6.79. The van der Waals surface area contributed by atoms with E-state index in [0.717, 1.165) is 26.9 Å². The Hall–Kier alpha value is -1.36. The SMILES string of the molecule is Cc1cccc(C)c1Oc1ccc(C(C)(O)CCO)cc1Br. The highest BCUT2D eigenvalue weighted by Gasteiger charge is 2.23. The number of benzene rings is 2. The van der Waals surface area contributed by atoms with Crippen LogP contribution in [0.4, 0.5) is 0 Å². The number of aliphatic hydroxyl groups excluding tert-OH is 1. The lowest BCUT2D eigenvalue weighted by molar-refractivity contribution is 0.0298. The van der Waals surface area contributed by atoms with E-state index in [2.05, 4.69) is 15.9 Å². The molecule has 0 amide bonds. The van der Waals surface area contributed by atoms with Crippen LogP contribution >= 0.6 is 15.9 Å². The smallest absolute Gasteiger partial charge is 0.141 e. The monoisotopic (exact) mass is 364 g/mol. The molecule has 0 bridgehead atoms. The number of aliphatic hydroxyl groups is 2. The van der Waals surface area contributed by atoms with Crippen molar-refractivity contribution in [1.29, 1.82) is 0 Å². The molecule has 0 aliphatic rings. The van der Waals surface area contributed by atoms with Gasteiger partial charge in [-0.3, -0.25) is 0 Å². The van der Waals surface area contributed by atoms with Crippen LogP contribution in [0.15, 0.2) is 40.9 Å². The lowest BCUT2D eigenvalue weighted by atomic mass is 9.93. The summed E-state index contributed by atoms with van der Waals surface area (Å²) in [6, 6.07) is 11.5. The van der Waals surface area contributed by atoms with E-state index < -0.39 is 5.60 Å².